The van der Waals surface area contributed by atoms with Crippen LogP contribution in [0.5, 0.6) is 0 Å². The van der Waals surface area contributed by atoms with Crippen LogP contribution in [0.2, 0.25) is 0 Å². The largest absolute Gasteiger partial charge is 0.340 e. The minimum atomic E-state index is -0.784. The van der Waals surface area contributed by atoms with Gasteiger partial charge < -0.3 is 10.2 Å². The van der Waals surface area contributed by atoms with Crippen molar-refractivity contribution in [2.75, 3.05) is 32.7 Å². The Hall–Kier alpha value is -2.41. The van der Waals surface area contributed by atoms with Gasteiger partial charge in [-0.15, -0.1) is 0 Å². The van der Waals surface area contributed by atoms with Crippen LogP contribution in [-0.4, -0.2) is 70.8 Å². The summed E-state index contributed by atoms with van der Waals surface area (Å²) in [7, 11) is 0. The third-order valence-electron chi connectivity index (χ3n) is 7.14. The number of urea groups is 1. The normalized spacial score (nSPS) is 27.5. The first kappa shape index (κ1) is 21.8. The maximum atomic E-state index is 13.0. The van der Waals surface area contributed by atoms with E-state index in [1.165, 1.54) is 11.1 Å². The molecule has 2 saturated heterocycles. The molecule has 3 aliphatic rings. The molecule has 7 nitrogen and oxygen atoms in total. The molecule has 1 aromatic rings. The molecule has 7 heteroatoms. The Bertz CT molecular complexity index is 830. The molecule has 3 fully saturated rings. The van der Waals surface area contributed by atoms with Crippen LogP contribution in [0, 0.1) is 12.8 Å². The van der Waals surface area contributed by atoms with Crippen LogP contribution in [0.15, 0.2) is 24.3 Å². The molecule has 1 aliphatic carbocycles. The summed E-state index contributed by atoms with van der Waals surface area (Å²) in [6, 6.07) is 8.15. The van der Waals surface area contributed by atoms with E-state index in [2.05, 4.69) is 48.3 Å². The Morgan fingerprint density at radius 3 is 2.48 bits per heavy atom. The fraction of sp³-hybridized carbons (Fsp3) is 0.625. The van der Waals surface area contributed by atoms with Crippen LogP contribution in [0.4, 0.5) is 4.79 Å². The van der Waals surface area contributed by atoms with Crippen molar-refractivity contribution in [1.29, 1.82) is 0 Å². The molecule has 0 bridgehead atoms. The monoisotopic (exact) mass is 426 g/mol. The van der Waals surface area contributed by atoms with E-state index in [4.69, 9.17) is 0 Å². The average molecular weight is 427 g/mol. The fourth-order valence-corrected chi connectivity index (χ4v) is 4.98. The lowest BCUT2D eigenvalue weighted by atomic mass is 9.77. The Balaban J connectivity index is 1.32. The number of nitrogens with zero attached hydrogens (tertiary/aromatic N) is 3. The molecule has 4 amide bonds. The van der Waals surface area contributed by atoms with E-state index >= 15 is 0 Å². The summed E-state index contributed by atoms with van der Waals surface area (Å²) >= 11 is 0. The highest BCUT2D eigenvalue weighted by Crippen LogP contribution is 2.36. The number of aryl methyl sites for hydroxylation is 1. The van der Waals surface area contributed by atoms with Gasteiger partial charge in [-0.3, -0.25) is 19.4 Å². The molecule has 1 N–H and O–H groups in total. The number of carbonyl (C=O) groups is 3. The number of amides is 4. The molecule has 0 atom stereocenters. The third-order valence-corrected chi connectivity index (χ3v) is 7.14. The lowest BCUT2D eigenvalue weighted by Gasteiger charge is -2.33. The number of nitrogens with one attached hydrogen (secondary N) is 1. The van der Waals surface area contributed by atoms with Crippen molar-refractivity contribution in [3.05, 3.63) is 35.4 Å². The molecule has 0 unspecified atom stereocenters. The summed E-state index contributed by atoms with van der Waals surface area (Å²) in [6.45, 7) is 7.99. The highest BCUT2D eigenvalue weighted by molar-refractivity contribution is 6.09. The minimum Gasteiger partial charge on any atom is -0.340 e. The van der Waals surface area contributed by atoms with Crippen LogP contribution in [0.3, 0.4) is 0 Å². The highest BCUT2D eigenvalue weighted by Gasteiger charge is 2.52. The van der Waals surface area contributed by atoms with Gasteiger partial charge in [-0.25, -0.2) is 4.79 Å². The number of hydrogen-bond acceptors (Lipinski definition) is 4. The van der Waals surface area contributed by atoms with Crippen molar-refractivity contribution in [3.8, 4) is 0 Å². The quantitative estimate of drug-likeness (QED) is 0.751. The highest BCUT2D eigenvalue weighted by atomic mass is 16.2. The molecular formula is C24H34N4O3. The second-order valence-corrected chi connectivity index (χ2v) is 9.58. The van der Waals surface area contributed by atoms with Gasteiger partial charge in [-0.2, -0.15) is 0 Å². The average Bonchev–Trinajstić information content (AvgIpc) is 2.91. The second-order valence-electron chi connectivity index (χ2n) is 9.58. The van der Waals surface area contributed by atoms with Gasteiger partial charge in [-0.05, 0) is 50.5 Å². The fourth-order valence-electron chi connectivity index (χ4n) is 4.98. The number of hydrogen-bond donors (Lipinski definition) is 1. The minimum absolute atomic E-state index is 0.137. The molecule has 4 rings (SSSR count). The van der Waals surface area contributed by atoms with Gasteiger partial charge in [0.1, 0.15) is 12.1 Å². The van der Waals surface area contributed by atoms with E-state index in [0.717, 1.165) is 43.8 Å². The van der Waals surface area contributed by atoms with Crippen molar-refractivity contribution < 1.29 is 14.4 Å². The third kappa shape index (κ3) is 4.76. The van der Waals surface area contributed by atoms with E-state index < -0.39 is 11.6 Å². The first-order chi connectivity index (χ1) is 14.9. The number of rotatable bonds is 4. The predicted molar refractivity (Wildman–Crippen MR) is 118 cm³/mol. The molecule has 2 heterocycles. The maximum absolute atomic E-state index is 13.0. The van der Waals surface area contributed by atoms with E-state index in [0.29, 0.717) is 31.8 Å². The van der Waals surface area contributed by atoms with Crippen molar-refractivity contribution in [3.63, 3.8) is 0 Å². The Morgan fingerprint density at radius 2 is 1.77 bits per heavy atom. The Labute approximate surface area is 184 Å². The molecule has 2 aliphatic heterocycles. The summed E-state index contributed by atoms with van der Waals surface area (Å²) < 4.78 is 0. The predicted octanol–water partition coefficient (Wildman–Crippen LogP) is 2.53. The van der Waals surface area contributed by atoms with Crippen molar-refractivity contribution in [2.24, 2.45) is 5.92 Å². The van der Waals surface area contributed by atoms with Gasteiger partial charge in [-0.1, -0.05) is 36.8 Å². The number of carbonyl (C=O) groups excluding carboxylic acids is 3. The molecule has 1 saturated carbocycles. The second kappa shape index (κ2) is 8.99. The summed E-state index contributed by atoms with van der Waals surface area (Å²) in [4.78, 5) is 43.8. The van der Waals surface area contributed by atoms with Gasteiger partial charge in [0.2, 0.25) is 5.91 Å². The Kier molecular flexibility index (Phi) is 6.32. The zero-order chi connectivity index (χ0) is 22.0. The maximum Gasteiger partial charge on any atom is 0.325 e. The lowest BCUT2D eigenvalue weighted by molar-refractivity contribution is -0.139. The lowest BCUT2D eigenvalue weighted by Crippen LogP contribution is -2.50. The van der Waals surface area contributed by atoms with Crippen LogP contribution in [0.1, 0.15) is 50.2 Å². The number of benzene rings is 1. The zero-order valence-electron chi connectivity index (χ0n) is 18.7. The SMILES string of the molecule is Cc1ccc(CN2CCCN(C(=O)CN3C(=O)NC4(CCC(C)CC4)C3=O)CC2)cc1. The summed E-state index contributed by atoms with van der Waals surface area (Å²) in [5.41, 5.74) is 1.74. The van der Waals surface area contributed by atoms with Gasteiger partial charge in [0, 0.05) is 32.7 Å². The standard InChI is InChI=1S/C24H34N4O3/c1-18-4-6-20(7-5-18)16-26-12-3-13-27(15-14-26)21(29)17-28-22(30)24(25-23(28)31)10-8-19(2)9-11-24/h4-7,19H,3,8-17H2,1-2H3,(H,25,31). The van der Waals surface area contributed by atoms with E-state index in [9.17, 15) is 14.4 Å². The van der Waals surface area contributed by atoms with Gasteiger partial charge in [0.25, 0.3) is 5.91 Å². The molecule has 168 valence electrons. The molecular weight excluding hydrogens is 392 g/mol. The molecule has 0 aromatic heterocycles. The molecule has 1 spiro atoms. The van der Waals surface area contributed by atoms with Crippen molar-refractivity contribution in [2.45, 2.75) is 58.0 Å². The topological polar surface area (TPSA) is 73.0 Å². The smallest absolute Gasteiger partial charge is 0.325 e. The van der Waals surface area contributed by atoms with E-state index in [1.807, 2.05) is 4.90 Å². The van der Waals surface area contributed by atoms with E-state index in [-0.39, 0.29) is 18.4 Å². The number of imide groups is 1. The van der Waals surface area contributed by atoms with Gasteiger partial charge in [0.05, 0.1) is 0 Å². The van der Waals surface area contributed by atoms with Crippen LogP contribution in [0.25, 0.3) is 0 Å². The van der Waals surface area contributed by atoms with Crippen molar-refractivity contribution in [1.82, 2.24) is 20.0 Å². The van der Waals surface area contributed by atoms with Crippen LogP contribution < -0.4 is 5.32 Å². The van der Waals surface area contributed by atoms with Crippen molar-refractivity contribution >= 4 is 17.8 Å². The Morgan fingerprint density at radius 1 is 1.06 bits per heavy atom. The van der Waals surface area contributed by atoms with Gasteiger partial charge in [0.15, 0.2) is 0 Å². The zero-order valence-corrected chi connectivity index (χ0v) is 18.7. The van der Waals surface area contributed by atoms with E-state index in [1.54, 1.807) is 0 Å². The molecule has 0 radical (unpaired) electrons. The first-order valence-electron chi connectivity index (χ1n) is 11.6. The molecule has 31 heavy (non-hydrogen) atoms. The summed E-state index contributed by atoms with van der Waals surface area (Å²) in [5, 5.41) is 2.91. The summed E-state index contributed by atoms with van der Waals surface area (Å²) in [6.07, 6.45) is 4.08. The first-order valence-corrected chi connectivity index (χ1v) is 11.6. The summed E-state index contributed by atoms with van der Waals surface area (Å²) in [5.74, 6) is 0.224. The van der Waals surface area contributed by atoms with Crippen LogP contribution >= 0.6 is 0 Å². The molecule has 1 aromatic carbocycles. The van der Waals surface area contributed by atoms with Crippen LogP contribution in [-0.2, 0) is 16.1 Å². The van der Waals surface area contributed by atoms with Gasteiger partial charge >= 0.3 is 6.03 Å².